The van der Waals surface area contributed by atoms with Gasteiger partial charge in [-0.25, -0.2) is 4.98 Å². The summed E-state index contributed by atoms with van der Waals surface area (Å²) in [6.45, 7) is 4.63. The highest BCUT2D eigenvalue weighted by atomic mass is 16.5. The van der Waals surface area contributed by atoms with Crippen molar-refractivity contribution in [3.63, 3.8) is 0 Å². The van der Waals surface area contributed by atoms with Crippen molar-refractivity contribution in [2.75, 3.05) is 19.8 Å². The van der Waals surface area contributed by atoms with Crippen molar-refractivity contribution in [3.8, 4) is 6.07 Å². The molecule has 4 nitrogen and oxygen atoms in total. The van der Waals surface area contributed by atoms with E-state index >= 15 is 0 Å². The summed E-state index contributed by atoms with van der Waals surface area (Å²) in [4.78, 5) is 3.89. The second-order valence-electron chi connectivity index (χ2n) is 3.68. The van der Waals surface area contributed by atoms with Gasteiger partial charge in [-0.1, -0.05) is 13.3 Å². The van der Waals surface area contributed by atoms with Crippen LogP contribution < -0.4 is 0 Å². The van der Waals surface area contributed by atoms with Gasteiger partial charge in [0.25, 0.3) is 0 Å². The molecule has 17 heavy (non-hydrogen) atoms. The van der Waals surface area contributed by atoms with Crippen LogP contribution in [0.3, 0.4) is 0 Å². The number of aromatic nitrogens is 1. The number of hydrogen-bond donors (Lipinski definition) is 0. The molecular weight excluding hydrogens is 216 g/mol. The van der Waals surface area contributed by atoms with Gasteiger partial charge in [0.15, 0.2) is 0 Å². The molecule has 0 radical (unpaired) electrons. The Labute approximate surface area is 102 Å². The van der Waals surface area contributed by atoms with Crippen LogP contribution in [0.1, 0.15) is 31.0 Å². The Kier molecular flexibility index (Phi) is 6.96. The first-order valence-electron chi connectivity index (χ1n) is 5.87. The Balaban J connectivity index is 2.12. The molecule has 0 fully saturated rings. The maximum Gasteiger partial charge on any atom is 0.140 e. The number of unbranched alkanes of at least 4 members (excludes halogenated alkanes) is 1. The normalized spacial score (nSPS) is 10.1. The minimum atomic E-state index is 0.422. The van der Waals surface area contributed by atoms with Gasteiger partial charge in [0.2, 0.25) is 0 Å². The van der Waals surface area contributed by atoms with E-state index in [0.29, 0.717) is 25.5 Å². The van der Waals surface area contributed by atoms with Crippen LogP contribution >= 0.6 is 0 Å². The summed E-state index contributed by atoms with van der Waals surface area (Å²) in [7, 11) is 0. The smallest absolute Gasteiger partial charge is 0.140 e. The summed E-state index contributed by atoms with van der Waals surface area (Å²) < 4.78 is 10.8. The Morgan fingerprint density at radius 3 is 2.88 bits per heavy atom. The first kappa shape index (κ1) is 13.6. The Morgan fingerprint density at radius 1 is 1.29 bits per heavy atom. The quantitative estimate of drug-likeness (QED) is 0.647. The van der Waals surface area contributed by atoms with Crippen molar-refractivity contribution in [1.29, 1.82) is 5.26 Å². The van der Waals surface area contributed by atoms with Crippen LogP contribution in [-0.4, -0.2) is 24.8 Å². The Bertz CT molecular complexity index is 361. The second kappa shape index (κ2) is 8.68. The standard InChI is InChI=1S/C13H18N2O2/c1-2-3-6-16-7-8-17-11-12-4-5-15-13(9-12)10-14/h4-5,9H,2-3,6-8,11H2,1H3. The van der Waals surface area contributed by atoms with Crippen molar-refractivity contribution in [3.05, 3.63) is 29.6 Å². The van der Waals surface area contributed by atoms with Gasteiger partial charge in [-0.15, -0.1) is 0 Å². The molecule has 0 saturated carbocycles. The number of nitrogens with zero attached hydrogens (tertiary/aromatic N) is 2. The summed E-state index contributed by atoms with van der Waals surface area (Å²) >= 11 is 0. The molecule has 0 bridgehead atoms. The van der Waals surface area contributed by atoms with E-state index < -0.39 is 0 Å². The number of pyridine rings is 1. The summed E-state index contributed by atoms with van der Waals surface area (Å²) in [6.07, 6.45) is 3.86. The topological polar surface area (TPSA) is 55.1 Å². The van der Waals surface area contributed by atoms with Crippen molar-refractivity contribution in [2.24, 2.45) is 0 Å². The average molecular weight is 234 g/mol. The molecule has 1 aromatic rings. The lowest BCUT2D eigenvalue weighted by Crippen LogP contribution is -2.05. The number of rotatable bonds is 8. The fourth-order valence-corrected chi connectivity index (χ4v) is 1.28. The fourth-order valence-electron chi connectivity index (χ4n) is 1.28. The first-order chi connectivity index (χ1) is 8.36. The van der Waals surface area contributed by atoms with Crippen LogP contribution in [-0.2, 0) is 16.1 Å². The molecule has 1 rings (SSSR count). The van der Waals surface area contributed by atoms with E-state index in [2.05, 4.69) is 11.9 Å². The Morgan fingerprint density at radius 2 is 2.12 bits per heavy atom. The van der Waals surface area contributed by atoms with Crippen LogP contribution in [0.4, 0.5) is 0 Å². The van der Waals surface area contributed by atoms with Gasteiger partial charge in [-0.3, -0.25) is 0 Å². The Hall–Kier alpha value is -1.44. The second-order valence-corrected chi connectivity index (χ2v) is 3.68. The molecule has 0 amide bonds. The molecule has 1 heterocycles. The van der Waals surface area contributed by atoms with E-state index in [1.54, 1.807) is 12.3 Å². The van der Waals surface area contributed by atoms with Gasteiger partial charge in [0.1, 0.15) is 11.8 Å². The van der Waals surface area contributed by atoms with Gasteiger partial charge in [0, 0.05) is 12.8 Å². The third-order valence-electron chi connectivity index (χ3n) is 2.22. The minimum Gasteiger partial charge on any atom is -0.379 e. The van der Waals surface area contributed by atoms with Crippen molar-refractivity contribution < 1.29 is 9.47 Å². The molecule has 0 atom stereocenters. The third-order valence-corrected chi connectivity index (χ3v) is 2.22. The van der Waals surface area contributed by atoms with Gasteiger partial charge in [-0.05, 0) is 24.1 Å². The highest BCUT2D eigenvalue weighted by molar-refractivity contribution is 5.24. The molecule has 0 unspecified atom stereocenters. The van der Waals surface area contributed by atoms with Crippen LogP contribution in [0.15, 0.2) is 18.3 Å². The van der Waals surface area contributed by atoms with E-state index in [9.17, 15) is 0 Å². The van der Waals surface area contributed by atoms with Crippen molar-refractivity contribution in [2.45, 2.75) is 26.4 Å². The lowest BCUT2D eigenvalue weighted by molar-refractivity contribution is 0.0396. The molecule has 0 aliphatic rings. The lowest BCUT2D eigenvalue weighted by Gasteiger charge is -2.05. The predicted octanol–water partition coefficient (Wildman–Crippen LogP) is 2.29. The fraction of sp³-hybridized carbons (Fsp3) is 0.538. The molecule has 0 aromatic carbocycles. The zero-order chi connectivity index (χ0) is 12.3. The summed E-state index contributed by atoms with van der Waals surface area (Å²) in [5.74, 6) is 0. The van der Waals surface area contributed by atoms with Gasteiger partial charge >= 0.3 is 0 Å². The largest absolute Gasteiger partial charge is 0.379 e. The van der Waals surface area contributed by atoms with E-state index in [1.165, 1.54) is 0 Å². The van der Waals surface area contributed by atoms with Gasteiger partial charge < -0.3 is 9.47 Å². The molecular formula is C13H18N2O2. The van der Waals surface area contributed by atoms with E-state index in [0.717, 1.165) is 25.0 Å². The number of nitriles is 1. The zero-order valence-electron chi connectivity index (χ0n) is 10.2. The minimum absolute atomic E-state index is 0.422. The predicted molar refractivity (Wildman–Crippen MR) is 64.3 cm³/mol. The maximum atomic E-state index is 8.68. The molecule has 0 aliphatic heterocycles. The van der Waals surface area contributed by atoms with E-state index in [-0.39, 0.29) is 0 Å². The summed E-state index contributed by atoms with van der Waals surface area (Å²) in [5, 5.41) is 8.68. The molecule has 4 heteroatoms. The van der Waals surface area contributed by atoms with Crippen LogP contribution in [0.25, 0.3) is 0 Å². The number of ether oxygens (including phenoxy) is 2. The average Bonchev–Trinajstić information content (AvgIpc) is 2.38. The lowest BCUT2D eigenvalue weighted by atomic mass is 10.2. The zero-order valence-corrected chi connectivity index (χ0v) is 10.2. The van der Waals surface area contributed by atoms with E-state index in [1.807, 2.05) is 12.1 Å². The maximum absolute atomic E-state index is 8.68. The van der Waals surface area contributed by atoms with Gasteiger partial charge in [-0.2, -0.15) is 5.26 Å². The summed E-state index contributed by atoms with van der Waals surface area (Å²) in [6, 6.07) is 5.58. The van der Waals surface area contributed by atoms with Crippen LogP contribution in [0.2, 0.25) is 0 Å². The molecule has 0 aliphatic carbocycles. The number of hydrogen-bond acceptors (Lipinski definition) is 4. The highest BCUT2D eigenvalue weighted by Gasteiger charge is 1.96. The van der Waals surface area contributed by atoms with Crippen LogP contribution in [0, 0.1) is 11.3 Å². The molecule has 92 valence electrons. The summed E-state index contributed by atoms with van der Waals surface area (Å²) in [5.41, 5.74) is 1.38. The molecule has 1 aromatic heterocycles. The highest BCUT2D eigenvalue weighted by Crippen LogP contribution is 2.02. The molecule has 0 N–H and O–H groups in total. The SMILES string of the molecule is CCCCOCCOCc1ccnc(C#N)c1. The third kappa shape index (κ3) is 6.00. The molecule has 0 spiro atoms. The first-order valence-corrected chi connectivity index (χ1v) is 5.87. The van der Waals surface area contributed by atoms with Gasteiger partial charge in [0.05, 0.1) is 19.8 Å². The van der Waals surface area contributed by atoms with E-state index in [4.69, 9.17) is 14.7 Å². The van der Waals surface area contributed by atoms with Crippen LogP contribution in [0.5, 0.6) is 0 Å². The van der Waals surface area contributed by atoms with Crippen molar-refractivity contribution >= 4 is 0 Å². The molecule has 0 saturated heterocycles. The monoisotopic (exact) mass is 234 g/mol. The van der Waals surface area contributed by atoms with Crippen molar-refractivity contribution in [1.82, 2.24) is 4.98 Å².